The fourth-order valence-electron chi connectivity index (χ4n) is 5.74. The van der Waals surface area contributed by atoms with Crippen molar-refractivity contribution < 1.29 is 0 Å². The lowest BCUT2D eigenvalue weighted by atomic mass is 9.75. The predicted molar refractivity (Wildman–Crippen MR) is 88.8 cm³/mol. The molecule has 4 fully saturated rings. The number of rotatable bonds is 2. The lowest BCUT2D eigenvalue weighted by Gasteiger charge is -2.47. The molecule has 2 aliphatic carbocycles. The topological polar surface area (TPSA) is 79.3 Å². The molecule has 2 saturated heterocycles. The van der Waals surface area contributed by atoms with E-state index in [0.717, 1.165) is 17.9 Å². The largest absolute Gasteiger partial charge is 0.316 e. The van der Waals surface area contributed by atoms with Crippen molar-refractivity contribution in [3.8, 4) is 0 Å². The van der Waals surface area contributed by atoms with Crippen LogP contribution in [0.2, 0.25) is 0 Å². The van der Waals surface area contributed by atoms with Crippen LogP contribution in [0.3, 0.4) is 0 Å². The van der Waals surface area contributed by atoms with Gasteiger partial charge in [-0.15, -0.1) is 0 Å². The van der Waals surface area contributed by atoms with Gasteiger partial charge in [0.2, 0.25) is 0 Å². The molecule has 0 aromatic carbocycles. The van der Waals surface area contributed by atoms with Crippen molar-refractivity contribution in [2.75, 3.05) is 13.1 Å². The number of nitrogens with one attached hydrogen (secondary N) is 2. The zero-order valence-electron chi connectivity index (χ0n) is 13.7. The second kappa shape index (κ2) is 6.36. The lowest BCUT2D eigenvalue weighted by Crippen LogP contribution is -2.70. The summed E-state index contributed by atoms with van der Waals surface area (Å²) < 4.78 is 0. The van der Waals surface area contributed by atoms with Crippen LogP contribution in [0.25, 0.3) is 0 Å². The van der Waals surface area contributed by atoms with E-state index in [9.17, 15) is 0 Å². The highest BCUT2D eigenvalue weighted by Gasteiger charge is 2.41. The van der Waals surface area contributed by atoms with Gasteiger partial charge in [-0.1, -0.05) is 12.8 Å². The number of fused-ring (bicyclic) bond motifs is 2. The third kappa shape index (κ3) is 2.94. The minimum atomic E-state index is -0.130. The second-order valence-electron chi connectivity index (χ2n) is 8.18. The predicted octanol–water partition coefficient (Wildman–Crippen LogP) is 0.756. The van der Waals surface area contributed by atoms with E-state index >= 15 is 0 Å². The molecule has 0 unspecified atom stereocenters. The quantitative estimate of drug-likeness (QED) is 0.606. The van der Waals surface area contributed by atoms with Crippen molar-refractivity contribution in [3.05, 3.63) is 0 Å². The van der Waals surface area contributed by atoms with Gasteiger partial charge in [0.05, 0.1) is 6.17 Å². The molecule has 2 saturated carbocycles. The average Bonchev–Trinajstić information content (AvgIpc) is 2.91. The lowest BCUT2D eigenvalue weighted by molar-refractivity contribution is 0.0722. The summed E-state index contributed by atoms with van der Waals surface area (Å²) in [5.74, 6) is 2.37. The van der Waals surface area contributed by atoms with Crippen LogP contribution in [0.5, 0.6) is 0 Å². The molecule has 0 aromatic heterocycles. The van der Waals surface area contributed by atoms with E-state index in [1.165, 1.54) is 64.5 Å². The van der Waals surface area contributed by atoms with E-state index in [2.05, 4.69) is 15.5 Å². The summed E-state index contributed by atoms with van der Waals surface area (Å²) in [5, 5.41) is 6.75. The Balaban J connectivity index is 1.34. The molecule has 5 heteroatoms. The van der Waals surface area contributed by atoms with Crippen LogP contribution in [-0.2, 0) is 0 Å². The van der Waals surface area contributed by atoms with Crippen molar-refractivity contribution in [3.63, 3.8) is 0 Å². The van der Waals surface area contributed by atoms with Crippen LogP contribution in [0, 0.1) is 17.8 Å². The second-order valence-corrected chi connectivity index (χ2v) is 8.18. The molecule has 0 radical (unpaired) electrons. The SMILES string of the molecule is N[C@H]1N[C@@H](N)[C@@H]2C[C@@H](CN3CC[C@H]4CCCC[C@@H]43)CC[C@@H]2N1. The summed E-state index contributed by atoms with van der Waals surface area (Å²) in [5.41, 5.74) is 12.3. The van der Waals surface area contributed by atoms with E-state index in [0.29, 0.717) is 12.0 Å². The summed E-state index contributed by atoms with van der Waals surface area (Å²) in [6.07, 6.45) is 11.0. The number of hydrogen-bond acceptors (Lipinski definition) is 5. The van der Waals surface area contributed by atoms with Gasteiger partial charge in [0.25, 0.3) is 0 Å². The molecule has 0 amide bonds. The Hall–Kier alpha value is -0.200. The van der Waals surface area contributed by atoms with Crippen molar-refractivity contribution in [2.24, 2.45) is 29.2 Å². The van der Waals surface area contributed by atoms with Gasteiger partial charge < -0.3 is 11.5 Å². The monoisotopic (exact) mass is 307 g/mol. The van der Waals surface area contributed by atoms with Crippen LogP contribution >= 0.6 is 0 Å². The molecule has 126 valence electrons. The van der Waals surface area contributed by atoms with Crippen LogP contribution < -0.4 is 22.1 Å². The highest BCUT2D eigenvalue weighted by atomic mass is 15.3. The summed E-state index contributed by atoms with van der Waals surface area (Å²) in [4.78, 5) is 2.83. The molecule has 4 rings (SSSR count). The summed E-state index contributed by atoms with van der Waals surface area (Å²) >= 11 is 0. The van der Waals surface area contributed by atoms with Crippen molar-refractivity contribution in [2.45, 2.75) is 75.9 Å². The van der Waals surface area contributed by atoms with Gasteiger partial charge in [-0.3, -0.25) is 15.5 Å². The number of nitrogens with two attached hydrogens (primary N) is 2. The van der Waals surface area contributed by atoms with Crippen LogP contribution in [-0.4, -0.2) is 42.5 Å². The molecule has 0 aromatic rings. The van der Waals surface area contributed by atoms with Crippen LogP contribution in [0.1, 0.15) is 51.4 Å². The van der Waals surface area contributed by atoms with E-state index in [-0.39, 0.29) is 12.5 Å². The Kier molecular flexibility index (Phi) is 4.43. The maximum atomic E-state index is 6.31. The number of hydrogen-bond donors (Lipinski definition) is 4. The fourth-order valence-corrected chi connectivity index (χ4v) is 5.74. The first kappa shape index (κ1) is 15.3. The first-order valence-electron chi connectivity index (χ1n) is 9.48. The Morgan fingerprint density at radius 2 is 1.82 bits per heavy atom. The van der Waals surface area contributed by atoms with E-state index in [1.54, 1.807) is 0 Å². The Morgan fingerprint density at radius 3 is 2.73 bits per heavy atom. The maximum Gasteiger partial charge on any atom is 0.110 e. The third-order valence-corrected chi connectivity index (χ3v) is 6.85. The van der Waals surface area contributed by atoms with Crippen molar-refractivity contribution in [1.29, 1.82) is 0 Å². The van der Waals surface area contributed by atoms with Crippen LogP contribution in [0.15, 0.2) is 0 Å². The molecule has 0 spiro atoms. The Morgan fingerprint density at radius 1 is 0.955 bits per heavy atom. The molecule has 2 heterocycles. The van der Waals surface area contributed by atoms with E-state index in [4.69, 9.17) is 11.5 Å². The third-order valence-electron chi connectivity index (χ3n) is 6.85. The molecule has 4 aliphatic rings. The molecule has 7 atom stereocenters. The maximum absolute atomic E-state index is 6.31. The summed E-state index contributed by atoms with van der Waals surface area (Å²) in [6, 6.07) is 1.42. The number of likely N-dealkylation sites (tertiary alicyclic amines) is 1. The first-order valence-corrected chi connectivity index (χ1v) is 9.48. The molecule has 0 bridgehead atoms. The van der Waals surface area contributed by atoms with Crippen molar-refractivity contribution in [1.82, 2.24) is 15.5 Å². The minimum Gasteiger partial charge on any atom is -0.316 e. The van der Waals surface area contributed by atoms with Gasteiger partial charge >= 0.3 is 0 Å². The van der Waals surface area contributed by atoms with Gasteiger partial charge in [-0.25, -0.2) is 0 Å². The molecular formula is C17H33N5. The standard InChI is InChI=1S/C17H33N5/c18-16-13-9-11(5-6-14(13)20-17(19)21-16)10-22-8-7-12-3-1-2-4-15(12)22/h11-17,20-21H,1-10,18-19H2/t11-,12+,13+,14-,15-,16+,17+/m0/s1. The normalized spacial score (nSPS) is 49.6. The fraction of sp³-hybridized carbons (Fsp3) is 1.00. The van der Waals surface area contributed by atoms with Gasteiger partial charge in [0, 0.05) is 24.5 Å². The molecular weight excluding hydrogens is 274 g/mol. The smallest absolute Gasteiger partial charge is 0.110 e. The van der Waals surface area contributed by atoms with E-state index in [1.807, 2.05) is 0 Å². The molecule has 22 heavy (non-hydrogen) atoms. The van der Waals surface area contributed by atoms with Gasteiger partial charge in [-0.2, -0.15) is 0 Å². The summed E-state index contributed by atoms with van der Waals surface area (Å²) in [7, 11) is 0. The van der Waals surface area contributed by atoms with Gasteiger partial charge in [-0.05, 0) is 56.9 Å². The molecule has 6 N–H and O–H groups in total. The van der Waals surface area contributed by atoms with Crippen molar-refractivity contribution >= 4 is 0 Å². The zero-order chi connectivity index (χ0) is 15.1. The molecule has 5 nitrogen and oxygen atoms in total. The Bertz CT molecular complexity index is 389. The van der Waals surface area contributed by atoms with Gasteiger partial charge in [0.15, 0.2) is 0 Å². The first-order chi connectivity index (χ1) is 10.7. The zero-order valence-corrected chi connectivity index (χ0v) is 13.7. The van der Waals surface area contributed by atoms with Crippen LogP contribution in [0.4, 0.5) is 0 Å². The summed E-state index contributed by atoms with van der Waals surface area (Å²) in [6.45, 7) is 2.65. The minimum absolute atomic E-state index is 0.0602. The molecule has 2 aliphatic heterocycles. The Labute approximate surface area is 134 Å². The van der Waals surface area contributed by atoms with E-state index < -0.39 is 0 Å². The average molecular weight is 307 g/mol. The highest BCUT2D eigenvalue weighted by molar-refractivity contribution is 4.96. The highest BCUT2D eigenvalue weighted by Crippen LogP contribution is 2.39. The number of nitrogens with zero attached hydrogens (tertiary/aromatic N) is 1. The van der Waals surface area contributed by atoms with Gasteiger partial charge in [0.1, 0.15) is 6.29 Å².